The number of hydrogen-bond acceptors (Lipinski definition) is 5. The summed E-state index contributed by atoms with van der Waals surface area (Å²) in [6, 6.07) is 2.95. The SMILES string of the molecule is CCNC(=O)C1CNCCN1c1ccc([N+](=O)[O-])cc1F. The Morgan fingerprint density at radius 1 is 1.62 bits per heavy atom. The summed E-state index contributed by atoms with van der Waals surface area (Å²) in [6.07, 6.45) is 0. The average molecular weight is 296 g/mol. The predicted molar refractivity (Wildman–Crippen MR) is 75.7 cm³/mol. The van der Waals surface area contributed by atoms with Gasteiger partial charge in [0, 0.05) is 32.2 Å². The van der Waals surface area contributed by atoms with Crippen LogP contribution in [-0.4, -0.2) is 43.1 Å². The van der Waals surface area contributed by atoms with Crippen molar-refractivity contribution in [1.29, 1.82) is 0 Å². The molecule has 1 atom stereocenters. The molecule has 0 aliphatic carbocycles. The second-order valence-electron chi connectivity index (χ2n) is 4.70. The Balaban J connectivity index is 2.29. The second-order valence-corrected chi connectivity index (χ2v) is 4.70. The molecule has 1 saturated heterocycles. The number of amides is 1. The standard InChI is InChI=1S/C13H17FN4O3/c1-2-16-13(19)12-8-15-5-6-17(12)11-4-3-9(18(20)21)7-10(11)14/h3-4,7,12,15H,2,5-6,8H2,1H3,(H,16,19). The molecule has 1 unspecified atom stereocenters. The van der Waals surface area contributed by atoms with E-state index in [9.17, 15) is 19.3 Å². The van der Waals surface area contributed by atoms with Gasteiger partial charge in [-0.15, -0.1) is 0 Å². The van der Waals surface area contributed by atoms with Crippen molar-refractivity contribution in [1.82, 2.24) is 10.6 Å². The molecular weight excluding hydrogens is 279 g/mol. The van der Waals surface area contributed by atoms with Crippen LogP contribution in [0.25, 0.3) is 0 Å². The van der Waals surface area contributed by atoms with Crippen LogP contribution in [0.2, 0.25) is 0 Å². The number of piperazine rings is 1. The molecule has 21 heavy (non-hydrogen) atoms. The first-order chi connectivity index (χ1) is 10.0. The third-order valence-corrected chi connectivity index (χ3v) is 3.35. The summed E-state index contributed by atoms with van der Waals surface area (Å²) in [5.41, 5.74) is -0.0979. The van der Waals surface area contributed by atoms with E-state index in [4.69, 9.17) is 0 Å². The van der Waals surface area contributed by atoms with Gasteiger partial charge in [-0.1, -0.05) is 0 Å². The Bertz CT molecular complexity index is 552. The number of nitro groups is 1. The lowest BCUT2D eigenvalue weighted by Crippen LogP contribution is -2.58. The molecule has 0 radical (unpaired) electrons. The first-order valence-corrected chi connectivity index (χ1v) is 6.73. The number of non-ortho nitro benzene ring substituents is 1. The van der Waals surface area contributed by atoms with Gasteiger partial charge in [0.2, 0.25) is 5.91 Å². The van der Waals surface area contributed by atoms with Gasteiger partial charge in [0.25, 0.3) is 5.69 Å². The molecule has 1 aliphatic rings. The summed E-state index contributed by atoms with van der Waals surface area (Å²) < 4.78 is 14.1. The number of hydrogen-bond donors (Lipinski definition) is 2. The molecule has 1 fully saturated rings. The molecule has 0 aromatic heterocycles. The van der Waals surface area contributed by atoms with Gasteiger partial charge in [0.1, 0.15) is 6.04 Å². The third-order valence-electron chi connectivity index (χ3n) is 3.35. The molecule has 1 aromatic rings. The van der Waals surface area contributed by atoms with E-state index < -0.39 is 16.8 Å². The number of benzene rings is 1. The molecule has 2 N–H and O–H groups in total. The van der Waals surface area contributed by atoms with Gasteiger partial charge in [-0.2, -0.15) is 0 Å². The summed E-state index contributed by atoms with van der Waals surface area (Å²) in [5.74, 6) is -0.886. The van der Waals surface area contributed by atoms with Gasteiger partial charge >= 0.3 is 0 Å². The fourth-order valence-electron chi connectivity index (χ4n) is 2.36. The van der Waals surface area contributed by atoms with Gasteiger partial charge in [0.15, 0.2) is 5.82 Å². The van der Waals surface area contributed by atoms with Crippen LogP contribution in [0.15, 0.2) is 18.2 Å². The van der Waals surface area contributed by atoms with Gasteiger partial charge < -0.3 is 15.5 Å². The average Bonchev–Trinajstić information content (AvgIpc) is 2.47. The summed E-state index contributed by atoms with van der Waals surface area (Å²) in [7, 11) is 0. The van der Waals surface area contributed by atoms with Crippen molar-refractivity contribution in [2.45, 2.75) is 13.0 Å². The van der Waals surface area contributed by atoms with E-state index in [1.54, 1.807) is 4.90 Å². The van der Waals surface area contributed by atoms with Crippen LogP contribution >= 0.6 is 0 Å². The van der Waals surface area contributed by atoms with Gasteiger partial charge in [-0.3, -0.25) is 14.9 Å². The molecule has 1 heterocycles. The minimum atomic E-state index is -0.694. The Labute approximate surface area is 121 Å². The van der Waals surface area contributed by atoms with Crippen molar-refractivity contribution < 1.29 is 14.1 Å². The zero-order chi connectivity index (χ0) is 15.4. The lowest BCUT2D eigenvalue weighted by Gasteiger charge is -2.36. The van der Waals surface area contributed by atoms with Crippen molar-refractivity contribution in [2.75, 3.05) is 31.1 Å². The van der Waals surface area contributed by atoms with Crippen LogP contribution < -0.4 is 15.5 Å². The fraction of sp³-hybridized carbons (Fsp3) is 0.462. The number of halogens is 1. The van der Waals surface area contributed by atoms with Gasteiger partial charge in [-0.25, -0.2) is 4.39 Å². The van der Waals surface area contributed by atoms with Crippen LogP contribution in [0.1, 0.15) is 6.92 Å². The zero-order valence-electron chi connectivity index (χ0n) is 11.6. The summed E-state index contributed by atoms with van der Waals surface area (Å²) in [6.45, 7) is 3.78. The Kier molecular flexibility index (Phi) is 4.69. The lowest BCUT2D eigenvalue weighted by molar-refractivity contribution is -0.385. The smallest absolute Gasteiger partial charge is 0.272 e. The molecule has 0 bridgehead atoms. The quantitative estimate of drug-likeness (QED) is 0.629. The third kappa shape index (κ3) is 3.27. The number of nitrogens with one attached hydrogen (secondary N) is 2. The van der Waals surface area contributed by atoms with E-state index in [1.165, 1.54) is 12.1 Å². The minimum absolute atomic E-state index is 0.192. The van der Waals surface area contributed by atoms with E-state index in [0.29, 0.717) is 26.2 Å². The van der Waals surface area contributed by atoms with Gasteiger partial charge in [0.05, 0.1) is 16.7 Å². The molecule has 114 valence electrons. The number of nitrogens with zero attached hydrogens (tertiary/aromatic N) is 2. The highest BCUT2D eigenvalue weighted by molar-refractivity contribution is 5.86. The van der Waals surface area contributed by atoms with E-state index in [1.807, 2.05) is 6.92 Å². The number of likely N-dealkylation sites (N-methyl/N-ethyl adjacent to an activating group) is 1. The van der Waals surface area contributed by atoms with Crippen molar-refractivity contribution in [3.8, 4) is 0 Å². The van der Waals surface area contributed by atoms with Crippen LogP contribution in [0, 0.1) is 15.9 Å². The molecule has 7 nitrogen and oxygen atoms in total. The maximum Gasteiger partial charge on any atom is 0.272 e. The highest BCUT2D eigenvalue weighted by Gasteiger charge is 2.30. The number of carbonyl (C=O) groups is 1. The van der Waals surface area contributed by atoms with Crippen molar-refractivity contribution >= 4 is 17.3 Å². The first-order valence-electron chi connectivity index (χ1n) is 6.73. The van der Waals surface area contributed by atoms with E-state index >= 15 is 0 Å². The lowest BCUT2D eigenvalue weighted by atomic mass is 10.1. The number of carbonyl (C=O) groups excluding carboxylic acids is 1. The summed E-state index contributed by atoms with van der Waals surface area (Å²) in [4.78, 5) is 23.7. The monoisotopic (exact) mass is 296 g/mol. The maximum atomic E-state index is 14.1. The van der Waals surface area contributed by atoms with Crippen LogP contribution in [0.4, 0.5) is 15.8 Å². The molecule has 2 rings (SSSR count). The van der Waals surface area contributed by atoms with E-state index in [0.717, 1.165) is 6.07 Å². The zero-order valence-corrected chi connectivity index (χ0v) is 11.6. The van der Waals surface area contributed by atoms with Gasteiger partial charge in [-0.05, 0) is 13.0 Å². The number of anilines is 1. The fourth-order valence-corrected chi connectivity index (χ4v) is 2.36. The molecule has 0 spiro atoms. The topological polar surface area (TPSA) is 87.5 Å². The summed E-state index contributed by atoms with van der Waals surface area (Å²) in [5, 5.41) is 16.5. The van der Waals surface area contributed by atoms with Crippen molar-refractivity contribution in [2.24, 2.45) is 0 Å². The Hall–Kier alpha value is -2.22. The van der Waals surface area contributed by atoms with Crippen LogP contribution in [0.3, 0.4) is 0 Å². The minimum Gasteiger partial charge on any atom is -0.355 e. The molecule has 0 saturated carbocycles. The largest absolute Gasteiger partial charge is 0.355 e. The van der Waals surface area contributed by atoms with Crippen molar-refractivity contribution in [3.05, 3.63) is 34.1 Å². The predicted octanol–water partition coefficient (Wildman–Crippen LogP) is 0.648. The van der Waals surface area contributed by atoms with E-state index in [2.05, 4.69) is 10.6 Å². The highest BCUT2D eigenvalue weighted by atomic mass is 19.1. The first kappa shape index (κ1) is 15.2. The van der Waals surface area contributed by atoms with Crippen LogP contribution in [0.5, 0.6) is 0 Å². The normalized spacial score (nSPS) is 18.4. The molecule has 1 aliphatic heterocycles. The molecular formula is C13H17FN4O3. The highest BCUT2D eigenvalue weighted by Crippen LogP contribution is 2.26. The number of rotatable bonds is 4. The maximum absolute atomic E-state index is 14.1. The van der Waals surface area contributed by atoms with Crippen LogP contribution in [-0.2, 0) is 4.79 Å². The number of nitro benzene ring substituents is 1. The van der Waals surface area contributed by atoms with Crippen molar-refractivity contribution in [3.63, 3.8) is 0 Å². The summed E-state index contributed by atoms with van der Waals surface area (Å²) >= 11 is 0. The molecule has 1 amide bonds. The second kappa shape index (κ2) is 6.49. The molecule has 1 aromatic carbocycles. The Morgan fingerprint density at radius 2 is 2.38 bits per heavy atom. The van der Waals surface area contributed by atoms with E-state index in [-0.39, 0.29) is 17.3 Å². The molecule has 8 heteroatoms. The Morgan fingerprint density at radius 3 is 3.00 bits per heavy atom.